The number of carbonyl (C=O) groups is 2. The van der Waals surface area contributed by atoms with Crippen molar-refractivity contribution < 1.29 is 24.2 Å². The first-order chi connectivity index (χ1) is 27.4. The molecule has 3 N–H and O–H groups in total. The largest absolute Gasteiger partial charge is 0.459 e. The van der Waals surface area contributed by atoms with Gasteiger partial charge < -0.3 is 25.2 Å². The molecule has 308 valence electrons. The van der Waals surface area contributed by atoms with Crippen molar-refractivity contribution in [2.45, 2.75) is 91.7 Å². The summed E-state index contributed by atoms with van der Waals surface area (Å²) in [4.78, 5) is 58.9. The summed E-state index contributed by atoms with van der Waals surface area (Å²) in [5, 5.41) is 16.1. The van der Waals surface area contributed by atoms with E-state index in [0.29, 0.717) is 34.5 Å². The number of hydrogen-bond donors (Lipinski definition) is 3. The van der Waals surface area contributed by atoms with Gasteiger partial charge in [0.1, 0.15) is 28.9 Å². The van der Waals surface area contributed by atoms with E-state index in [1.807, 2.05) is 66.7 Å². The van der Waals surface area contributed by atoms with Crippen molar-refractivity contribution >= 4 is 39.5 Å². The van der Waals surface area contributed by atoms with Gasteiger partial charge in [0, 0.05) is 18.7 Å². The van der Waals surface area contributed by atoms with Crippen molar-refractivity contribution in [3.05, 3.63) is 139 Å². The number of anilines is 2. The Bertz CT molecular complexity index is 2250. The number of aromatic nitrogens is 4. The number of nitrogens with one attached hydrogen (secondary N) is 2. The molecular weight excluding hydrogens is 804 g/mol. The molecule has 2 aromatic heterocycles. The summed E-state index contributed by atoms with van der Waals surface area (Å²) in [6, 6.07) is 27.1. The molecule has 0 amide bonds. The van der Waals surface area contributed by atoms with Crippen LogP contribution in [0.3, 0.4) is 0 Å². The molecule has 5 rings (SSSR count). The first-order valence-electron chi connectivity index (χ1n) is 19.0. The van der Waals surface area contributed by atoms with E-state index in [-0.39, 0.29) is 30.3 Å². The third-order valence-electron chi connectivity index (χ3n) is 8.24. The van der Waals surface area contributed by atoms with Gasteiger partial charge in [0.05, 0.1) is 24.2 Å². The highest BCUT2D eigenvalue weighted by Crippen LogP contribution is 2.23. The number of aliphatic hydroxyl groups excluding tert-OH is 1. The molecule has 0 saturated carbocycles. The summed E-state index contributed by atoms with van der Waals surface area (Å²) in [6.07, 6.45) is 3.90. The molecule has 0 saturated heterocycles. The van der Waals surface area contributed by atoms with Crippen molar-refractivity contribution in [2.24, 2.45) is 0 Å². The van der Waals surface area contributed by atoms with Gasteiger partial charge in [0.25, 0.3) is 11.1 Å². The third-order valence-corrected chi connectivity index (χ3v) is 8.87. The van der Waals surface area contributed by atoms with Crippen LogP contribution in [-0.4, -0.2) is 60.4 Å². The molecular formula is C44H53BrN6O7. The molecule has 0 aliphatic rings. The Hall–Kier alpha value is -5.60. The Kier molecular flexibility index (Phi) is 16.1. The van der Waals surface area contributed by atoms with Crippen LogP contribution >= 0.6 is 15.9 Å². The minimum absolute atomic E-state index is 0.171. The second kappa shape index (κ2) is 20.7. The van der Waals surface area contributed by atoms with Gasteiger partial charge in [-0.1, -0.05) is 78.9 Å². The molecule has 1 unspecified atom stereocenters. The normalized spacial score (nSPS) is 11.8. The molecule has 14 heteroatoms. The van der Waals surface area contributed by atoms with E-state index in [0.717, 1.165) is 18.4 Å². The molecule has 13 nitrogen and oxygen atoms in total. The molecule has 0 radical (unpaired) electrons. The van der Waals surface area contributed by atoms with E-state index >= 15 is 0 Å². The molecule has 0 fully saturated rings. The predicted octanol–water partition coefficient (Wildman–Crippen LogP) is 6.96. The van der Waals surface area contributed by atoms with E-state index in [1.54, 1.807) is 72.9 Å². The van der Waals surface area contributed by atoms with E-state index in [2.05, 4.69) is 36.5 Å². The van der Waals surface area contributed by atoms with Gasteiger partial charge in [-0.15, -0.1) is 0 Å². The first-order valence-corrected chi connectivity index (χ1v) is 19.8. The summed E-state index contributed by atoms with van der Waals surface area (Å²) in [5.41, 5.74) is 2.12. The van der Waals surface area contributed by atoms with Crippen LogP contribution in [0.2, 0.25) is 0 Å². The molecule has 0 spiro atoms. The lowest BCUT2D eigenvalue weighted by atomic mass is 10.0. The minimum Gasteiger partial charge on any atom is -0.459 e. The number of nitrogens with zero attached hydrogens (tertiary/aromatic N) is 4. The van der Waals surface area contributed by atoms with Gasteiger partial charge in [-0.05, 0) is 100.0 Å². The molecule has 1 atom stereocenters. The second-order valence-electron chi connectivity index (χ2n) is 15.5. The zero-order valence-electron chi connectivity index (χ0n) is 34.1. The highest BCUT2D eigenvalue weighted by atomic mass is 79.9. The summed E-state index contributed by atoms with van der Waals surface area (Å²) < 4.78 is 13.8. The molecule has 0 aliphatic heterocycles. The molecule has 2 heterocycles. The molecule has 58 heavy (non-hydrogen) atoms. The first kappa shape index (κ1) is 45.1. The van der Waals surface area contributed by atoms with Crippen LogP contribution in [0.4, 0.5) is 11.6 Å². The molecule has 3 aromatic carbocycles. The van der Waals surface area contributed by atoms with Crippen molar-refractivity contribution in [1.29, 1.82) is 0 Å². The van der Waals surface area contributed by atoms with Gasteiger partial charge in [-0.3, -0.25) is 28.3 Å². The number of carbonyl (C=O) groups excluding carboxylic acids is 2. The van der Waals surface area contributed by atoms with Gasteiger partial charge in [-0.25, -0.2) is 9.97 Å². The fourth-order valence-corrected chi connectivity index (χ4v) is 6.02. The number of esters is 2. The topological polar surface area (TPSA) is 167 Å². The van der Waals surface area contributed by atoms with Crippen molar-refractivity contribution in [2.75, 3.05) is 23.7 Å². The third kappa shape index (κ3) is 14.4. The van der Waals surface area contributed by atoms with Gasteiger partial charge in [0.15, 0.2) is 11.6 Å². The summed E-state index contributed by atoms with van der Waals surface area (Å²) in [7, 11) is 0. The fourth-order valence-electron chi connectivity index (χ4n) is 5.64. The fraction of sp³-hybridized carbons (Fsp3) is 0.364. The van der Waals surface area contributed by atoms with Crippen molar-refractivity contribution in [1.82, 2.24) is 19.1 Å². The standard InChI is InChI=1S/C26H31N3O4.C18H22BrN3O3/c1-18(30)20-11-8-12-21(15-20)22-16-28-24(27-14-13-19-9-6-5-7-10-19)25(32)29(22)17-23(31)33-26(2,3)4;1-18(2,3)25-15(23)12-22-14(19)11-21-16(17(22)24)20-10-9-13-7-5-4-6-8-13/h5-12,15-16,18,30H,13-14,17H2,1-4H3,(H,27,28);4-8,11H,9-10,12H2,1-3H3,(H,20,21). The van der Waals surface area contributed by atoms with Crippen LogP contribution in [-0.2, 0) is 45.0 Å². The lowest BCUT2D eigenvalue weighted by Gasteiger charge is -2.21. The Morgan fingerprint density at radius 3 is 1.66 bits per heavy atom. The number of ether oxygens (including phenoxy) is 2. The number of rotatable bonds is 14. The molecule has 0 bridgehead atoms. The van der Waals surface area contributed by atoms with Crippen LogP contribution in [0.5, 0.6) is 0 Å². The zero-order chi connectivity index (χ0) is 42.5. The maximum absolute atomic E-state index is 13.3. The van der Waals surface area contributed by atoms with Crippen LogP contribution in [0.25, 0.3) is 11.3 Å². The summed E-state index contributed by atoms with van der Waals surface area (Å²) in [5.74, 6) is -0.608. The highest BCUT2D eigenvalue weighted by Gasteiger charge is 2.21. The average Bonchev–Trinajstić information content (AvgIpc) is 3.15. The highest BCUT2D eigenvalue weighted by molar-refractivity contribution is 9.10. The van der Waals surface area contributed by atoms with Crippen molar-refractivity contribution in [3.63, 3.8) is 0 Å². The molecule has 0 aliphatic carbocycles. The number of halogens is 1. The number of hydrogen-bond acceptors (Lipinski definition) is 11. The maximum atomic E-state index is 13.3. The van der Waals surface area contributed by atoms with Crippen molar-refractivity contribution in [3.8, 4) is 11.3 Å². The van der Waals surface area contributed by atoms with Crippen LogP contribution in [0, 0.1) is 0 Å². The maximum Gasteiger partial charge on any atom is 0.326 e. The SMILES string of the molecule is CC(C)(C)OC(=O)Cn1c(Br)cnc(NCCc2ccccc2)c1=O.CC(O)c1cccc(-c2cnc(NCCc3ccccc3)c(=O)n2CC(=O)OC(C)(C)C)c1. The minimum atomic E-state index is -0.670. The average molecular weight is 858 g/mol. The molecule has 5 aromatic rings. The summed E-state index contributed by atoms with van der Waals surface area (Å²) >= 11 is 3.26. The monoisotopic (exact) mass is 856 g/mol. The lowest BCUT2D eigenvalue weighted by Crippen LogP contribution is -2.33. The van der Waals surface area contributed by atoms with E-state index in [9.17, 15) is 24.3 Å². The van der Waals surface area contributed by atoms with Crippen LogP contribution in [0.15, 0.2) is 112 Å². The number of aliphatic hydroxyl groups is 1. The Morgan fingerprint density at radius 1 is 0.707 bits per heavy atom. The van der Waals surface area contributed by atoms with Gasteiger partial charge >= 0.3 is 11.9 Å². The van der Waals surface area contributed by atoms with E-state index in [1.165, 1.54) is 20.9 Å². The Labute approximate surface area is 347 Å². The van der Waals surface area contributed by atoms with Crippen LogP contribution < -0.4 is 21.8 Å². The van der Waals surface area contributed by atoms with Gasteiger partial charge in [-0.2, -0.15) is 0 Å². The Balaban J connectivity index is 0.000000267. The van der Waals surface area contributed by atoms with E-state index in [4.69, 9.17) is 9.47 Å². The zero-order valence-corrected chi connectivity index (χ0v) is 35.7. The predicted molar refractivity (Wildman–Crippen MR) is 230 cm³/mol. The second-order valence-corrected chi connectivity index (χ2v) is 16.3. The van der Waals surface area contributed by atoms with Gasteiger partial charge in [0.2, 0.25) is 0 Å². The van der Waals surface area contributed by atoms with Crippen LogP contribution in [0.1, 0.15) is 71.3 Å². The smallest absolute Gasteiger partial charge is 0.326 e. The number of benzene rings is 3. The Morgan fingerprint density at radius 2 is 1.17 bits per heavy atom. The quantitative estimate of drug-likeness (QED) is 0.0989. The van der Waals surface area contributed by atoms with E-state index < -0.39 is 34.8 Å². The lowest BCUT2D eigenvalue weighted by molar-refractivity contribution is -0.156. The summed E-state index contributed by atoms with van der Waals surface area (Å²) in [6.45, 7) is 13.0.